The largest absolute Gasteiger partial charge is 0.506 e. The second-order valence-corrected chi connectivity index (χ2v) is 5.77. The minimum atomic E-state index is 0.131. The van der Waals surface area contributed by atoms with Crippen molar-refractivity contribution in [1.29, 1.82) is 0 Å². The average molecular weight is 282 g/mol. The van der Waals surface area contributed by atoms with Gasteiger partial charge in [0.2, 0.25) is 0 Å². The first kappa shape index (κ1) is 13.4. The molecule has 2 aromatic rings. The van der Waals surface area contributed by atoms with Gasteiger partial charge in [-0.15, -0.1) is 11.3 Å². The van der Waals surface area contributed by atoms with E-state index in [9.17, 15) is 5.11 Å². The molecule has 0 atom stereocenters. The number of thiophene rings is 1. The van der Waals surface area contributed by atoms with Crippen LogP contribution in [0.15, 0.2) is 30.3 Å². The molecule has 0 saturated carbocycles. The maximum atomic E-state index is 9.33. The number of aromatic hydroxyl groups is 1. The number of rotatable bonds is 5. The third-order valence-corrected chi connectivity index (χ3v) is 4.24. The summed E-state index contributed by atoms with van der Waals surface area (Å²) in [6.45, 7) is 3.78. The Morgan fingerprint density at radius 2 is 1.94 bits per heavy atom. The van der Waals surface area contributed by atoms with Crippen molar-refractivity contribution in [2.24, 2.45) is 0 Å². The zero-order valence-corrected chi connectivity index (χ0v) is 11.8. The van der Waals surface area contributed by atoms with Crippen LogP contribution in [-0.2, 0) is 19.5 Å². The summed E-state index contributed by atoms with van der Waals surface area (Å²) in [5.41, 5.74) is 1.07. The van der Waals surface area contributed by atoms with Crippen LogP contribution in [0.1, 0.15) is 22.2 Å². The molecular formula is C14H16ClNOS. The molecule has 0 amide bonds. The molecule has 18 heavy (non-hydrogen) atoms. The molecule has 1 heterocycles. The fourth-order valence-electron chi connectivity index (χ4n) is 1.70. The lowest BCUT2D eigenvalue weighted by molar-refractivity contribution is 0.475. The molecule has 2 N–H and O–H groups in total. The maximum absolute atomic E-state index is 9.33. The topological polar surface area (TPSA) is 32.3 Å². The van der Waals surface area contributed by atoms with Crippen molar-refractivity contribution in [3.05, 3.63) is 50.7 Å². The minimum Gasteiger partial charge on any atom is -0.506 e. The van der Waals surface area contributed by atoms with Crippen molar-refractivity contribution in [3.8, 4) is 5.75 Å². The first-order valence-electron chi connectivity index (χ1n) is 5.94. The fourth-order valence-corrected chi connectivity index (χ4v) is 2.83. The van der Waals surface area contributed by atoms with Crippen molar-refractivity contribution < 1.29 is 5.11 Å². The molecule has 2 rings (SSSR count). The number of benzene rings is 1. The SMILES string of the molecule is CCc1ccc(CNCc2ccc(O)c(Cl)c2)s1. The lowest BCUT2D eigenvalue weighted by atomic mass is 10.2. The molecule has 4 heteroatoms. The molecule has 0 saturated heterocycles. The second-order valence-electron chi connectivity index (χ2n) is 4.11. The Balaban J connectivity index is 1.86. The van der Waals surface area contributed by atoms with E-state index in [4.69, 9.17) is 11.6 Å². The van der Waals surface area contributed by atoms with Gasteiger partial charge in [-0.3, -0.25) is 0 Å². The van der Waals surface area contributed by atoms with Gasteiger partial charge in [-0.2, -0.15) is 0 Å². The summed E-state index contributed by atoms with van der Waals surface area (Å²) < 4.78 is 0. The number of phenolic OH excluding ortho intramolecular Hbond substituents is 1. The average Bonchev–Trinajstić information content (AvgIpc) is 2.82. The van der Waals surface area contributed by atoms with Crippen LogP contribution in [0.3, 0.4) is 0 Å². The van der Waals surface area contributed by atoms with E-state index in [1.165, 1.54) is 9.75 Å². The highest BCUT2D eigenvalue weighted by atomic mass is 35.5. The van der Waals surface area contributed by atoms with Crippen molar-refractivity contribution in [3.63, 3.8) is 0 Å². The van der Waals surface area contributed by atoms with Gasteiger partial charge in [0.05, 0.1) is 5.02 Å². The van der Waals surface area contributed by atoms with Gasteiger partial charge < -0.3 is 10.4 Å². The molecule has 1 aromatic heterocycles. The van der Waals surface area contributed by atoms with Crippen LogP contribution in [0.4, 0.5) is 0 Å². The van der Waals surface area contributed by atoms with Crippen molar-refractivity contribution >= 4 is 22.9 Å². The Bertz CT molecular complexity index is 524. The molecule has 0 aliphatic carbocycles. The van der Waals surface area contributed by atoms with Crippen LogP contribution in [0, 0.1) is 0 Å². The molecule has 0 unspecified atom stereocenters. The number of halogens is 1. The standard InChI is InChI=1S/C14H16ClNOS/c1-2-11-4-5-12(18-11)9-16-8-10-3-6-14(17)13(15)7-10/h3-7,16-17H,2,8-9H2,1H3. The van der Waals surface area contributed by atoms with Crippen LogP contribution >= 0.6 is 22.9 Å². The van der Waals surface area contributed by atoms with E-state index in [-0.39, 0.29) is 5.75 Å². The van der Waals surface area contributed by atoms with Gasteiger partial charge in [-0.25, -0.2) is 0 Å². The lowest BCUT2D eigenvalue weighted by Crippen LogP contribution is -2.11. The van der Waals surface area contributed by atoms with Crippen molar-refractivity contribution in [2.75, 3.05) is 0 Å². The minimum absolute atomic E-state index is 0.131. The zero-order valence-electron chi connectivity index (χ0n) is 10.2. The van der Waals surface area contributed by atoms with Gasteiger partial charge >= 0.3 is 0 Å². The van der Waals surface area contributed by atoms with Gasteiger partial charge in [-0.1, -0.05) is 24.6 Å². The van der Waals surface area contributed by atoms with Gasteiger partial charge in [0, 0.05) is 22.8 Å². The number of phenols is 1. The highest BCUT2D eigenvalue weighted by Gasteiger charge is 2.01. The molecule has 1 aromatic carbocycles. The zero-order chi connectivity index (χ0) is 13.0. The smallest absolute Gasteiger partial charge is 0.134 e. The summed E-state index contributed by atoms with van der Waals surface area (Å²) in [5, 5.41) is 13.1. The monoisotopic (exact) mass is 281 g/mol. The third-order valence-electron chi connectivity index (χ3n) is 2.71. The summed E-state index contributed by atoms with van der Waals surface area (Å²) in [5.74, 6) is 0.131. The van der Waals surface area contributed by atoms with Crippen LogP contribution < -0.4 is 5.32 Å². The van der Waals surface area contributed by atoms with Crippen LogP contribution in [0.2, 0.25) is 5.02 Å². The number of hydrogen-bond donors (Lipinski definition) is 2. The predicted octanol–water partition coefficient (Wildman–Crippen LogP) is 3.96. The van der Waals surface area contributed by atoms with Crippen molar-refractivity contribution in [2.45, 2.75) is 26.4 Å². The molecular weight excluding hydrogens is 266 g/mol. The fraction of sp³-hybridized carbons (Fsp3) is 0.286. The number of nitrogens with one attached hydrogen (secondary N) is 1. The van der Waals surface area contributed by atoms with E-state index < -0.39 is 0 Å². The molecule has 0 spiro atoms. The molecule has 0 aliphatic rings. The van der Waals surface area contributed by atoms with Gasteiger partial charge in [0.25, 0.3) is 0 Å². The Kier molecular flexibility index (Phi) is 4.64. The Morgan fingerprint density at radius 1 is 1.17 bits per heavy atom. The van der Waals surface area contributed by atoms with E-state index in [0.717, 1.165) is 25.1 Å². The Morgan fingerprint density at radius 3 is 2.61 bits per heavy atom. The summed E-state index contributed by atoms with van der Waals surface area (Å²) in [4.78, 5) is 2.76. The molecule has 0 aliphatic heterocycles. The molecule has 96 valence electrons. The van der Waals surface area contributed by atoms with E-state index in [2.05, 4.69) is 24.4 Å². The highest BCUT2D eigenvalue weighted by molar-refractivity contribution is 7.11. The third kappa shape index (κ3) is 3.48. The van der Waals surface area contributed by atoms with Crippen molar-refractivity contribution in [1.82, 2.24) is 5.32 Å². The molecule has 0 bridgehead atoms. The molecule has 0 fully saturated rings. The van der Waals surface area contributed by atoms with Crippen LogP contribution in [0.5, 0.6) is 5.75 Å². The maximum Gasteiger partial charge on any atom is 0.134 e. The molecule has 0 radical (unpaired) electrons. The van der Waals surface area contributed by atoms with E-state index in [0.29, 0.717) is 5.02 Å². The van der Waals surface area contributed by atoms with E-state index in [1.807, 2.05) is 17.4 Å². The summed E-state index contributed by atoms with van der Waals surface area (Å²) in [6, 6.07) is 9.63. The van der Waals surface area contributed by atoms with E-state index in [1.54, 1.807) is 12.1 Å². The first-order valence-corrected chi connectivity index (χ1v) is 7.14. The Labute approximate surface area is 116 Å². The first-order chi connectivity index (χ1) is 8.69. The van der Waals surface area contributed by atoms with E-state index >= 15 is 0 Å². The highest BCUT2D eigenvalue weighted by Crippen LogP contribution is 2.23. The summed E-state index contributed by atoms with van der Waals surface area (Å²) >= 11 is 7.70. The Hall–Kier alpha value is -1.03. The van der Waals surface area contributed by atoms with Crippen LogP contribution in [0.25, 0.3) is 0 Å². The van der Waals surface area contributed by atoms with Crippen LogP contribution in [-0.4, -0.2) is 5.11 Å². The normalized spacial score (nSPS) is 10.8. The second kappa shape index (κ2) is 6.23. The predicted molar refractivity (Wildman–Crippen MR) is 77.4 cm³/mol. The molecule has 2 nitrogen and oxygen atoms in total. The number of aryl methyl sites for hydroxylation is 1. The summed E-state index contributed by atoms with van der Waals surface area (Å²) in [6.07, 6.45) is 1.10. The lowest BCUT2D eigenvalue weighted by Gasteiger charge is -2.05. The number of hydrogen-bond acceptors (Lipinski definition) is 3. The summed E-state index contributed by atoms with van der Waals surface area (Å²) in [7, 11) is 0. The van der Waals surface area contributed by atoms with Gasteiger partial charge in [0.15, 0.2) is 0 Å². The van der Waals surface area contributed by atoms with Gasteiger partial charge in [-0.05, 0) is 36.2 Å². The quantitative estimate of drug-likeness (QED) is 0.869. The van der Waals surface area contributed by atoms with Gasteiger partial charge in [0.1, 0.15) is 5.75 Å².